The SMILES string of the molecule is C/N=C/C1CCCC[C@@H]1N1CCCC1C. The zero-order valence-corrected chi connectivity index (χ0v) is 10.2. The molecule has 1 aliphatic carbocycles. The summed E-state index contributed by atoms with van der Waals surface area (Å²) in [6, 6.07) is 1.60. The molecule has 3 atom stereocenters. The standard InChI is InChI=1S/C13H24N2/c1-11-6-5-9-15(11)13-8-4-3-7-12(13)10-14-2/h10-13H,3-9H2,1-2H3/b14-10+/t11?,12?,13-/m0/s1. The Hall–Kier alpha value is -0.370. The first-order valence-electron chi connectivity index (χ1n) is 6.51. The second-order valence-electron chi connectivity index (χ2n) is 5.15. The molecule has 0 aromatic carbocycles. The van der Waals surface area contributed by atoms with Crippen LogP contribution in [0.15, 0.2) is 4.99 Å². The Morgan fingerprint density at radius 2 is 1.93 bits per heavy atom. The van der Waals surface area contributed by atoms with Crippen LogP contribution in [-0.2, 0) is 0 Å². The number of hydrogen-bond acceptors (Lipinski definition) is 2. The van der Waals surface area contributed by atoms with Crippen molar-refractivity contribution in [3.63, 3.8) is 0 Å². The quantitative estimate of drug-likeness (QED) is 0.637. The Kier molecular flexibility index (Phi) is 3.79. The van der Waals surface area contributed by atoms with Gasteiger partial charge in [0, 0.05) is 31.3 Å². The second kappa shape index (κ2) is 5.11. The van der Waals surface area contributed by atoms with Gasteiger partial charge >= 0.3 is 0 Å². The minimum atomic E-state index is 0.726. The molecule has 0 aromatic rings. The first-order valence-corrected chi connectivity index (χ1v) is 6.51. The minimum absolute atomic E-state index is 0.726. The van der Waals surface area contributed by atoms with Gasteiger partial charge in [-0.3, -0.25) is 4.90 Å². The summed E-state index contributed by atoms with van der Waals surface area (Å²) in [5.41, 5.74) is 0. The van der Waals surface area contributed by atoms with Crippen LogP contribution in [0.1, 0.15) is 45.4 Å². The summed E-state index contributed by atoms with van der Waals surface area (Å²) >= 11 is 0. The maximum atomic E-state index is 4.25. The highest BCUT2D eigenvalue weighted by molar-refractivity contribution is 5.61. The van der Waals surface area contributed by atoms with Gasteiger partial charge in [-0.2, -0.15) is 0 Å². The zero-order chi connectivity index (χ0) is 10.7. The van der Waals surface area contributed by atoms with Crippen LogP contribution in [0.4, 0.5) is 0 Å². The van der Waals surface area contributed by atoms with Crippen LogP contribution >= 0.6 is 0 Å². The molecule has 86 valence electrons. The summed E-state index contributed by atoms with van der Waals surface area (Å²) in [7, 11) is 1.92. The summed E-state index contributed by atoms with van der Waals surface area (Å²) in [6.45, 7) is 3.71. The van der Waals surface area contributed by atoms with Crippen molar-refractivity contribution in [1.29, 1.82) is 0 Å². The van der Waals surface area contributed by atoms with Gasteiger partial charge in [-0.25, -0.2) is 0 Å². The van der Waals surface area contributed by atoms with Gasteiger partial charge in [0.25, 0.3) is 0 Å². The van der Waals surface area contributed by atoms with E-state index in [0.717, 1.165) is 18.0 Å². The fourth-order valence-electron chi connectivity index (χ4n) is 3.37. The van der Waals surface area contributed by atoms with E-state index in [1.807, 2.05) is 7.05 Å². The van der Waals surface area contributed by atoms with E-state index in [1.54, 1.807) is 0 Å². The van der Waals surface area contributed by atoms with Crippen molar-refractivity contribution in [3.05, 3.63) is 0 Å². The largest absolute Gasteiger partial charge is 0.301 e. The van der Waals surface area contributed by atoms with E-state index in [1.165, 1.54) is 45.1 Å². The molecule has 0 bridgehead atoms. The van der Waals surface area contributed by atoms with Crippen molar-refractivity contribution in [3.8, 4) is 0 Å². The predicted molar refractivity (Wildman–Crippen MR) is 65.6 cm³/mol. The van der Waals surface area contributed by atoms with Gasteiger partial charge in [0.05, 0.1) is 0 Å². The average Bonchev–Trinajstić information content (AvgIpc) is 2.66. The second-order valence-corrected chi connectivity index (χ2v) is 5.15. The van der Waals surface area contributed by atoms with E-state index in [-0.39, 0.29) is 0 Å². The lowest BCUT2D eigenvalue weighted by Crippen LogP contribution is -2.44. The van der Waals surface area contributed by atoms with Gasteiger partial charge in [0.2, 0.25) is 0 Å². The molecule has 0 spiro atoms. The van der Waals surface area contributed by atoms with Crippen LogP contribution in [0.3, 0.4) is 0 Å². The topological polar surface area (TPSA) is 15.6 Å². The molecule has 1 saturated carbocycles. The molecule has 0 aromatic heterocycles. The molecule has 1 heterocycles. The first kappa shape index (κ1) is 11.1. The van der Waals surface area contributed by atoms with Gasteiger partial charge < -0.3 is 4.99 Å². The van der Waals surface area contributed by atoms with Gasteiger partial charge in [-0.1, -0.05) is 12.8 Å². The van der Waals surface area contributed by atoms with E-state index in [9.17, 15) is 0 Å². The lowest BCUT2D eigenvalue weighted by molar-refractivity contribution is 0.128. The molecule has 2 fully saturated rings. The van der Waals surface area contributed by atoms with Crippen LogP contribution in [0.25, 0.3) is 0 Å². The molecule has 15 heavy (non-hydrogen) atoms. The van der Waals surface area contributed by atoms with E-state index < -0.39 is 0 Å². The van der Waals surface area contributed by atoms with Crippen molar-refractivity contribution in [1.82, 2.24) is 4.90 Å². The van der Waals surface area contributed by atoms with Gasteiger partial charge in [-0.15, -0.1) is 0 Å². The van der Waals surface area contributed by atoms with Gasteiger partial charge in [0.1, 0.15) is 0 Å². The van der Waals surface area contributed by atoms with E-state index >= 15 is 0 Å². The van der Waals surface area contributed by atoms with Crippen molar-refractivity contribution in [2.45, 2.75) is 57.5 Å². The summed E-state index contributed by atoms with van der Waals surface area (Å²) in [5.74, 6) is 0.726. The molecule has 0 N–H and O–H groups in total. The van der Waals surface area contributed by atoms with Gasteiger partial charge in [-0.05, 0) is 39.2 Å². The fourth-order valence-corrected chi connectivity index (χ4v) is 3.37. The van der Waals surface area contributed by atoms with Crippen molar-refractivity contribution < 1.29 is 0 Å². The Labute approximate surface area is 93.8 Å². The minimum Gasteiger partial charge on any atom is -0.301 e. The Bertz CT molecular complexity index is 225. The van der Waals surface area contributed by atoms with Crippen molar-refractivity contribution >= 4 is 6.21 Å². The summed E-state index contributed by atoms with van der Waals surface area (Å²) < 4.78 is 0. The molecular weight excluding hydrogens is 184 g/mol. The molecule has 0 radical (unpaired) electrons. The van der Waals surface area contributed by atoms with E-state index in [0.29, 0.717) is 0 Å². The third-order valence-corrected chi connectivity index (χ3v) is 4.15. The third kappa shape index (κ3) is 2.41. The molecular formula is C13H24N2. The number of aliphatic imine (C=N–C) groups is 1. The smallest absolute Gasteiger partial charge is 0.0273 e. The average molecular weight is 208 g/mol. The number of likely N-dealkylation sites (tertiary alicyclic amines) is 1. The highest BCUT2D eigenvalue weighted by atomic mass is 15.2. The van der Waals surface area contributed by atoms with Crippen LogP contribution in [0.2, 0.25) is 0 Å². The van der Waals surface area contributed by atoms with Crippen LogP contribution in [0, 0.1) is 5.92 Å². The van der Waals surface area contributed by atoms with Crippen molar-refractivity contribution in [2.24, 2.45) is 10.9 Å². The molecule has 1 aliphatic heterocycles. The fraction of sp³-hybridized carbons (Fsp3) is 0.923. The predicted octanol–water partition coefficient (Wildman–Crippen LogP) is 2.73. The number of hydrogen-bond donors (Lipinski definition) is 0. The van der Waals surface area contributed by atoms with Crippen LogP contribution in [-0.4, -0.2) is 36.8 Å². The van der Waals surface area contributed by atoms with Crippen LogP contribution < -0.4 is 0 Å². The Morgan fingerprint density at radius 3 is 2.60 bits per heavy atom. The maximum absolute atomic E-state index is 4.25. The number of rotatable bonds is 2. The molecule has 2 aliphatic rings. The van der Waals surface area contributed by atoms with Gasteiger partial charge in [0.15, 0.2) is 0 Å². The first-order chi connectivity index (χ1) is 7.33. The van der Waals surface area contributed by atoms with E-state index in [2.05, 4.69) is 23.0 Å². The summed E-state index contributed by atoms with van der Waals surface area (Å²) in [5, 5.41) is 0. The molecule has 2 heteroatoms. The maximum Gasteiger partial charge on any atom is 0.0273 e. The molecule has 0 amide bonds. The zero-order valence-electron chi connectivity index (χ0n) is 10.2. The van der Waals surface area contributed by atoms with E-state index in [4.69, 9.17) is 0 Å². The Morgan fingerprint density at radius 1 is 1.13 bits per heavy atom. The monoisotopic (exact) mass is 208 g/mol. The molecule has 2 rings (SSSR count). The van der Waals surface area contributed by atoms with Crippen LogP contribution in [0.5, 0.6) is 0 Å². The normalized spacial score (nSPS) is 38.9. The number of nitrogens with zero attached hydrogens (tertiary/aromatic N) is 2. The lowest BCUT2D eigenvalue weighted by Gasteiger charge is -2.38. The molecule has 1 saturated heterocycles. The third-order valence-electron chi connectivity index (χ3n) is 4.15. The highest BCUT2D eigenvalue weighted by Gasteiger charge is 2.33. The molecule has 2 nitrogen and oxygen atoms in total. The highest BCUT2D eigenvalue weighted by Crippen LogP contribution is 2.32. The lowest BCUT2D eigenvalue weighted by atomic mass is 9.84. The molecule has 2 unspecified atom stereocenters. The van der Waals surface area contributed by atoms with Crippen molar-refractivity contribution in [2.75, 3.05) is 13.6 Å². The Balaban J connectivity index is 2.03. The summed E-state index contributed by atoms with van der Waals surface area (Å²) in [4.78, 5) is 7.00. The summed E-state index contributed by atoms with van der Waals surface area (Å²) in [6.07, 6.45) is 10.6.